The van der Waals surface area contributed by atoms with E-state index in [2.05, 4.69) is 10.1 Å². The Bertz CT molecular complexity index is 1050. The number of nitro benzene ring substituents is 1. The molecule has 134 valence electrons. The Kier molecular flexibility index (Phi) is 4.36. The number of rotatable bonds is 6. The van der Waals surface area contributed by atoms with Gasteiger partial charge >= 0.3 is 0 Å². The van der Waals surface area contributed by atoms with E-state index in [0.717, 1.165) is 5.56 Å². The van der Waals surface area contributed by atoms with E-state index in [1.807, 2.05) is 30.3 Å². The molecular formula is C19H13N3O5. The predicted octanol–water partition coefficient (Wildman–Crippen LogP) is 4.48. The first kappa shape index (κ1) is 16.5. The maximum Gasteiger partial charge on any atom is 0.293 e. The summed E-state index contributed by atoms with van der Waals surface area (Å²) < 4.78 is 16.5. The van der Waals surface area contributed by atoms with Crippen molar-refractivity contribution in [3.8, 4) is 28.8 Å². The van der Waals surface area contributed by atoms with Crippen LogP contribution in [0.5, 0.6) is 5.75 Å². The quantitative estimate of drug-likeness (QED) is 0.367. The van der Waals surface area contributed by atoms with E-state index >= 15 is 0 Å². The highest BCUT2D eigenvalue weighted by atomic mass is 16.6. The van der Waals surface area contributed by atoms with Crippen molar-refractivity contribution in [3.05, 3.63) is 82.6 Å². The van der Waals surface area contributed by atoms with Crippen LogP contribution in [0.25, 0.3) is 23.0 Å². The molecule has 4 aromatic rings. The molecule has 0 bridgehead atoms. The highest BCUT2D eigenvalue weighted by Gasteiger charge is 2.14. The van der Waals surface area contributed by atoms with Gasteiger partial charge in [-0.2, -0.15) is 4.98 Å². The standard InChI is InChI=1S/C19H13N3O5/c23-22(24)14-6-8-15(9-7-14)25-12-16-10-11-17(26-16)19-20-18(21-27-19)13-4-2-1-3-5-13/h1-11H,12H2. The molecule has 0 saturated carbocycles. The monoisotopic (exact) mass is 363 g/mol. The molecule has 0 atom stereocenters. The zero-order chi connectivity index (χ0) is 18.6. The highest BCUT2D eigenvalue weighted by Crippen LogP contribution is 2.25. The minimum atomic E-state index is -0.462. The molecule has 0 amide bonds. The van der Waals surface area contributed by atoms with Gasteiger partial charge < -0.3 is 13.7 Å². The molecule has 27 heavy (non-hydrogen) atoms. The summed E-state index contributed by atoms with van der Waals surface area (Å²) in [6, 6.07) is 18.8. The van der Waals surface area contributed by atoms with Crippen LogP contribution in [0.4, 0.5) is 5.69 Å². The minimum absolute atomic E-state index is 0.00764. The van der Waals surface area contributed by atoms with Gasteiger partial charge in [-0.15, -0.1) is 0 Å². The van der Waals surface area contributed by atoms with Crippen molar-refractivity contribution in [1.29, 1.82) is 0 Å². The Hall–Kier alpha value is -3.94. The third kappa shape index (κ3) is 3.69. The predicted molar refractivity (Wildman–Crippen MR) is 94.9 cm³/mol. The number of non-ortho nitro benzene ring substituents is 1. The summed E-state index contributed by atoms with van der Waals surface area (Å²) in [4.78, 5) is 14.5. The normalized spacial score (nSPS) is 10.7. The van der Waals surface area contributed by atoms with Crippen molar-refractivity contribution in [2.45, 2.75) is 6.61 Å². The topological polar surface area (TPSA) is 104 Å². The van der Waals surface area contributed by atoms with E-state index in [4.69, 9.17) is 13.7 Å². The summed E-state index contributed by atoms with van der Waals surface area (Å²) in [5.74, 6) is 2.25. The summed E-state index contributed by atoms with van der Waals surface area (Å²) in [5.41, 5.74) is 0.856. The molecule has 4 rings (SSSR count). The van der Waals surface area contributed by atoms with Crippen LogP contribution in [-0.2, 0) is 6.61 Å². The average Bonchev–Trinajstić information content (AvgIpc) is 3.37. The van der Waals surface area contributed by atoms with Crippen LogP contribution in [0.1, 0.15) is 5.76 Å². The Morgan fingerprint density at radius 1 is 1.00 bits per heavy atom. The van der Waals surface area contributed by atoms with E-state index in [1.165, 1.54) is 24.3 Å². The maximum absolute atomic E-state index is 10.7. The molecule has 0 fully saturated rings. The maximum atomic E-state index is 10.7. The van der Waals surface area contributed by atoms with Gasteiger partial charge in [0.15, 0.2) is 5.76 Å². The van der Waals surface area contributed by atoms with E-state index in [1.54, 1.807) is 12.1 Å². The van der Waals surface area contributed by atoms with Crippen LogP contribution in [0, 0.1) is 10.1 Å². The van der Waals surface area contributed by atoms with Gasteiger partial charge in [0.25, 0.3) is 11.6 Å². The molecule has 8 heteroatoms. The molecule has 2 aromatic carbocycles. The van der Waals surface area contributed by atoms with Crippen LogP contribution < -0.4 is 4.74 Å². The first-order valence-electron chi connectivity index (χ1n) is 8.04. The molecule has 0 saturated heterocycles. The lowest BCUT2D eigenvalue weighted by molar-refractivity contribution is -0.384. The number of benzene rings is 2. The fourth-order valence-electron chi connectivity index (χ4n) is 2.42. The van der Waals surface area contributed by atoms with Gasteiger partial charge in [-0.05, 0) is 24.3 Å². The Morgan fingerprint density at radius 2 is 1.78 bits per heavy atom. The highest BCUT2D eigenvalue weighted by molar-refractivity contribution is 5.57. The minimum Gasteiger partial charge on any atom is -0.486 e. The molecule has 0 unspecified atom stereocenters. The van der Waals surface area contributed by atoms with Gasteiger partial charge in [0, 0.05) is 17.7 Å². The summed E-state index contributed by atoms with van der Waals surface area (Å²) in [6.07, 6.45) is 0. The van der Waals surface area contributed by atoms with Crippen LogP contribution >= 0.6 is 0 Å². The number of hydrogen-bond acceptors (Lipinski definition) is 7. The number of ether oxygens (including phenoxy) is 1. The average molecular weight is 363 g/mol. The summed E-state index contributed by atoms with van der Waals surface area (Å²) in [7, 11) is 0. The Balaban J connectivity index is 1.43. The lowest BCUT2D eigenvalue weighted by Gasteiger charge is -2.03. The second-order valence-corrected chi connectivity index (χ2v) is 5.59. The van der Waals surface area contributed by atoms with E-state index < -0.39 is 4.92 Å². The molecule has 0 aliphatic rings. The van der Waals surface area contributed by atoms with Crippen molar-refractivity contribution in [1.82, 2.24) is 10.1 Å². The zero-order valence-corrected chi connectivity index (χ0v) is 13.9. The Morgan fingerprint density at radius 3 is 2.52 bits per heavy atom. The van der Waals surface area contributed by atoms with E-state index in [-0.39, 0.29) is 18.2 Å². The van der Waals surface area contributed by atoms with Gasteiger partial charge in [0.05, 0.1) is 4.92 Å². The molecule has 0 spiro atoms. The fourth-order valence-corrected chi connectivity index (χ4v) is 2.42. The molecule has 8 nitrogen and oxygen atoms in total. The Labute approximate surface area is 153 Å². The molecule has 2 aromatic heterocycles. The van der Waals surface area contributed by atoms with Crippen molar-refractivity contribution in [3.63, 3.8) is 0 Å². The number of nitrogens with zero attached hydrogens (tertiary/aromatic N) is 3. The molecule has 2 heterocycles. The summed E-state index contributed by atoms with van der Waals surface area (Å²) in [6.45, 7) is 0.164. The van der Waals surface area contributed by atoms with E-state index in [9.17, 15) is 10.1 Å². The number of aromatic nitrogens is 2. The van der Waals surface area contributed by atoms with Gasteiger partial charge in [-0.25, -0.2) is 0 Å². The first-order valence-corrected chi connectivity index (χ1v) is 8.04. The van der Waals surface area contributed by atoms with E-state index in [0.29, 0.717) is 23.1 Å². The van der Waals surface area contributed by atoms with Crippen LogP contribution in [0.2, 0.25) is 0 Å². The van der Waals surface area contributed by atoms with Crippen LogP contribution in [0.3, 0.4) is 0 Å². The second kappa shape index (κ2) is 7.12. The van der Waals surface area contributed by atoms with Crippen molar-refractivity contribution >= 4 is 5.69 Å². The smallest absolute Gasteiger partial charge is 0.293 e. The number of furan rings is 1. The lowest BCUT2D eigenvalue weighted by Crippen LogP contribution is -1.94. The fraction of sp³-hybridized carbons (Fsp3) is 0.0526. The number of nitro groups is 1. The van der Waals surface area contributed by atoms with Crippen molar-refractivity contribution in [2.24, 2.45) is 0 Å². The van der Waals surface area contributed by atoms with Gasteiger partial charge in [0.1, 0.15) is 18.1 Å². The molecule has 0 aliphatic carbocycles. The SMILES string of the molecule is O=[N+]([O-])c1ccc(OCc2ccc(-c3nc(-c4ccccc4)no3)o2)cc1. The van der Waals surface area contributed by atoms with Gasteiger partial charge in [0.2, 0.25) is 5.82 Å². The summed E-state index contributed by atoms with van der Waals surface area (Å²) in [5, 5.41) is 14.6. The molecule has 0 N–H and O–H groups in total. The third-order valence-electron chi connectivity index (χ3n) is 3.76. The van der Waals surface area contributed by atoms with Crippen LogP contribution in [0.15, 0.2) is 75.7 Å². The third-order valence-corrected chi connectivity index (χ3v) is 3.76. The molecular weight excluding hydrogens is 350 g/mol. The van der Waals surface area contributed by atoms with Gasteiger partial charge in [-0.3, -0.25) is 10.1 Å². The molecule has 0 radical (unpaired) electrons. The zero-order valence-electron chi connectivity index (χ0n) is 13.9. The summed E-state index contributed by atoms with van der Waals surface area (Å²) >= 11 is 0. The van der Waals surface area contributed by atoms with Gasteiger partial charge in [-0.1, -0.05) is 35.5 Å². The number of hydrogen-bond donors (Lipinski definition) is 0. The van der Waals surface area contributed by atoms with Crippen molar-refractivity contribution in [2.75, 3.05) is 0 Å². The largest absolute Gasteiger partial charge is 0.486 e. The lowest BCUT2D eigenvalue weighted by atomic mass is 10.2. The first-order chi connectivity index (χ1) is 13.2. The van der Waals surface area contributed by atoms with Crippen molar-refractivity contribution < 1.29 is 18.6 Å². The molecule has 0 aliphatic heterocycles. The second-order valence-electron chi connectivity index (χ2n) is 5.59. The van der Waals surface area contributed by atoms with Crippen LogP contribution in [-0.4, -0.2) is 15.1 Å².